The lowest BCUT2D eigenvalue weighted by molar-refractivity contribution is -0.137. The predicted molar refractivity (Wildman–Crippen MR) is 94.6 cm³/mol. The molecule has 3 heteroatoms. The van der Waals surface area contributed by atoms with Crippen LogP contribution in [0.15, 0.2) is 66.7 Å². The Hall–Kier alpha value is -2.13. The lowest BCUT2D eigenvalue weighted by Gasteiger charge is -2.27. The predicted octanol–water partition coefficient (Wildman–Crippen LogP) is 3.79. The van der Waals surface area contributed by atoms with Crippen LogP contribution in [-0.4, -0.2) is 20.7 Å². The van der Waals surface area contributed by atoms with Gasteiger partial charge in [-0.2, -0.15) is 0 Å². The van der Waals surface area contributed by atoms with E-state index in [-0.39, 0.29) is 5.97 Å². The zero-order valence-electron chi connectivity index (χ0n) is 13.4. The number of hydrogen-bond donors (Lipinski definition) is 0. The van der Waals surface area contributed by atoms with Crippen LogP contribution in [-0.2, 0) is 9.53 Å². The Morgan fingerprint density at radius 2 is 1.55 bits per heavy atom. The van der Waals surface area contributed by atoms with Crippen LogP contribution in [0.2, 0.25) is 13.1 Å². The van der Waals surface area contributed by atoms with Crippen molar-refractivity contribution in [3.63, 3.8) is 0 Å². The van der Waals surface area contributed by atoms with Gasteiger partial charge in [-0.3, -0.25) is 0 Å². The molecule has 114 valence electrons. The van der Waals surface area contributed by atoms with E-state index in [0.717, 1.165) is 10.8 Å². The smallest absolute Gasteiger partial charge is 0.330 e. The molecule has 0 amide bonds. The highest BCUT2D eigenvalue weighted by atomic mass is 28.3. The molecule has 2 aromatic rings. The first-order chi connectivity index (χ1) is 10.6. The van der Waals surface area contributed by atoms with Crippen molar-refractivity contribution in [1.82, 2.24) is 0 Å². The van der Waals surface area contributed by atoms with E-state index in [1.807, 2.05) is 31.2 Å². The minimum atomic E-state index is -1.98. The van der Waals surface area contributed by atoms with E-state index < -0.39 is 8.07 Å². The van der Waals surface area contributed by atoms with E-state index in [1.165, 1.54) is 5.19 Å². The average molecular weight is 310 g/mol. The number of ether oxygens (including phenoxy) is 1. The zero-order valence-corrected chi connectivity index (χ0v) is 14.4. The van der Waals surface area contributed by atoms with Crippen LogP contribution in [0.3, 0.4) is 0 Å². The second kappa shape index (κ2) is 7.23. The maximum absolute atomic E-state index is 12.0. The summed E-state index contributed by atoms with van der Waals surface area (Å²) in [6.45, 7) is 6.75. The number of rotatable bonds is 5. The Balaban J connectivity index is 2.51. The van der Waals surface area contributed by atoms with E-state index in [2.05, 4.69) is 49.5 Å². The summed E-state index contributed by atoms with van der Waals surface area (Å²) in [6.07, 6.45) is 1.68. The highest BCUT2D eigenvalue weighted by Crippen LogP contribution is 2.26. The molecule has 0 aliphatic carbocycles. The summed E-state index contributed by atoms with van der Waals surface area (Å²) >= 11 is 0. The quantitative estimate of drug-likeness (QED) is 0.477. The standard InChI is InChI=1S/C19H22O2Si/c1-4-21-19(20)15-18(16-11-7-5-8-12-16)22(2,3)17-13-9-6-10-14-17/h5-15H,4H2,1-3H3/b18-15-. The van der Waals surface area contributed by atoms with Gasteiger partial charge in [0.25, 0.3) is 0 Å². The van der Waals surface area contributed by atoms with Gasteiger partial charge >= 0.3 is 5.97 Å². The molecule has 0 saturated heterocycles. The van der Waals surface area contributed by atoms with Crippen LogP contribution in [0.4, 0.5) is 0 Å². The molecule has 0 heterocycles. The van der Waals surface area contributed by atoms with E-state index in [9.17, 15) is 4.79 Å². The maximum Gasteiger partial charge on any atom is 0.330 e. The van der Waals surface area contributed by atoms with Gasteiger partial charge in [0.1, 0.15) is 8.07 Å². The first-order valence-electron chi connectivity index (χ1n) is 7.55. The molecule has 0 unspecified atom stereocenters. The molecular weight excluding hydrogens is 288 g/mol. The van der Waals surface area contributed by atoms with Crippen molar-refractivity contribution >= 4 is 24.4 Å². The van der Waals surface area contributed by atoms with Crippen LogP contribution in [0.1, 0.15) is 12.5 Å². The number of esters is 1. The summed E-state index contributed by atoms with van der Waals surface area (Å²) in [7, 11) is -1.98. The zero-order chi connectivity index (χ0) is 16.0. The largest absolute Gasteiger partial charge is 0.463 e. The van der Waals surface area contributed by atoms with Gasteiger partial charge in [-0.15, -0.1) is 0 Å². The fraction of sp³-hybridized carbons (Fsp3) is 0.211. The molecule has 2 aromatic carbocycles. The molecule has 0 aliphatic heterocycles. The minimum absolute atomic E-state index is 0.266. The van der Waals surface area contributed by atoms with E-state index in [0.29, 0.717) is 6.61 Å². The SMILES string of the molecule is CCOC(=O)/C=C(/c1ccccc1)[Si](C)(C)c1ccccc1. The van der Waals surface area contributed by atoms with Gasteiger partial charge in [-0.1, -0.05) is 78.9 Å². The summed E-state index contributed by atoms with van der Waals surface area (Å²) < 4.78 is 5.13. The van der Waals surface area contributed by atoms with Crippen molar-refractivity contribution in [3.8, 4) is 0 Å². The van der Waals surface area contributed by atoms with Crippen molar-refractivity contribution in [1.29, 1.82) is 0 Å². The van der Waals surface area contributed by atoms with E-state index in [1.54, 1.807) is 6.08 Å². The molecule has 2 nitrogen and oxygen atoms in total. The van der Waals surface area contributed by atoms with Gasteiger partial charge in [-0.05, 0) is 17.7 Å². The van der Waals surface area contributed by atoms with Gasteiger partial charge in [0, 0.05) is 6.08 Å². The van der Waals surface area contributed by atoms with Crippen LogP contribution < -0.4 is 5.19 Å². The Kier molecular flexibility index (Phi) is 5.34. The topological polar surface area (TPSA) is 26.3 Å². The summed E-state index contributed by atoms with van der Waals surface area (Å²) in [6, 6.07) is 20.5. The highest BCUT2D eigenvalue weighted by molar-refractivity contribution is 7.04. The van der Waals surface area contributed by atoms with Gasteiger partial charge in [0.15, 0.2) is 0 Å². The molecule has 0 fully saturated rings. The second-order valence-corrected chi connectivity index (χ2v) is 10.0. The molecule has 0 spiro atoms. The highest BCUT2D eigenvalue weighted by Gasteiger charge is 2.30. The Morgan fingerprint density at radius 1 is 1.00 bits per heavy atom. The molecule has 0 radical (unpaired) electrons. The molecular formula is C19H22O2Si. The third-order valence-corrected chi connectivity index (χ3v) is 7.36. The summed E-state index contributed by atoms with van der Waals surface area (Å²) in [4.78, 5) is 12.0. The van der Waals surface area contributed by atoms with Crippen molar-refractivity contribution in [2.45, 2.75) is 20.0 Å². The van der Waals surface area contributed by atoms with Crippen molar-refractivity contribution in [2.24, 2.45) is 0 Å². The monoisotopic (exact) mass is 310 g/mol. The summed E-state index contributed by atoms with van der Waals surface area (Å²) in [5, 5.41) is 2.40. The third kappa shape index (κ3) is 3.74. The summed E-state index contributed by atoms with van der Waals surface area (Å²) in [5.74, 6) is -0.266. The van der Waals surface area contributed by atoms with Gasteiger partial charge in [0.2, 0.25) is 0 Å². The first-order valence-corrected chi connectivity index (χ1v) is 10.6. The number of benzene rings is 2. The molecule has 0 aromatic heterocycles. The molecule has 0 atom stereocenters. The first kappa shape index (κ1) is 16.2. The fourth-order valence-corrected chi connectivity index (χ4v) is 5.26. The molecule has 0 N–H and O–H groups in total. The number of carbonyl (C=O) groups is 1. The lowest BCUT2D eigenvalue weighted by Crippen LogP contribution is -2.43. The number of carbonyl (C=O) groups excluding carboxylic acids is 1. The van der Waals surface area contributed by atoms with Crippen molar-refractivity contribution in [2.75, 3.05) is 6.61 Å². The van der Waals surface area contributed by atoms with E-state index >= 15 is 0 Å². The van der Waals surface area contributed by atoms with Crippen LogP contribution in [0.5, 0.6) is 0 Å². The second-order valence-electron chi connectivity index (χ2n) is 5.67. The Labute approximate surface area is 133 Å². The van der Waals surface area contributed by atoms with Gasteiger partial charge in [-0.25, -0.2) is 4.79 Å². The van der Waals surface area contributed by atoms with E-state index in [4.69, 9.17) is 4.74 Å². The normalized spacial score (nSPS) is 12.0. The average Bonchev–Trinajstić information content (AvgIpc) is 2.54. The fourth-order valence-electron chi connectivity index (χ4n) is 2.55. The van der Waals surface area contributed by atoms with Crippen molar-refractivity contribution in [3.05, 3.63) is 72.3 Å². The molecule has 22 heavy (non-hydrogen) atoms. The van der Waals surface area contributed by atoms with Crippen molar-refractivity contribution < 1.29 is 9.53 Å². The lowest BCUT2D eigenvalue weighted by atomic mass is 10.2. The minimum Gasteiger partial charge on any atom is -0.463 e. The van der Waals surface area contributed by atoms with Crippen LogP contribution in [0, 0.1) is 0 Å². The van der Waals surface area contributed by atoms with Crippen LogP contribution >= 0.6 is 0 Å². The molecule has 0 aliphatic rings. The molecule has 0 saturated carbocycles. The summed E-state index contributed by atoms with van der Waals surface area (Å²) in [5.41, 5.74) is 1.09. The number of hydrogen-bond acceptors (Lipinski definition) is 2. The Bertz CT molecular complexity index is 646. The molecule has 2 rings (SSSR count). The maximum atomic E-state index is 12.0. The molecule has 0 bridgehead atoms. The van der Waals surface area contributed by atoms with Gasteiger partial charge in [0.05, 0.1) is 6.61 Å². The van der Waals surface area contributed by atoms with Gasteiger partial charge < -0.3 is 4.74 Å². The van der Waals surface area contributed by atoms with Crippen LogP contribution in [0.25, 0.3) is 5.20 Å². The Morgan fingerprint density at radius 3 is 2.09 bits per heavy atom. The third-order valence-electron chi connectivity index (χ3n) is 3.80.